The lowest BCUT2D eigenvalue weighted by Gasteiger charge is -2.10. The van der Waals surface area contributed by atoms with Crippen molar-refractivity contribution in [2.75, 3.05) is 5.32 Å². The number of furan rings is 1. The monoisotopic (exact) mass is 305 g/mol. The summed E-state index contributed by atoms with van der Waals surface area (Å²) in [6, 6.07) is 13.6. The Balaban J connectivity index is 1.93. The summed E-state index contributed by atoms with van der Waals surface area (Å²) in [5.74, 6) is 0. The Morgan fingerprint density at radius 2 is 1.85 bits per heavy atom. The molecule has 0 bridgehead atoms. The van der Waals surface area contributed by atoms with Crippen molar-refractivity contribution in [1.82, 2.24) is 0 Å². The van der Waals surface area contributed by atoms with Crippen LogP contribution in [-0.2, 0) is 6.54 Å². The fourth-order valence-electron chi connectivity index (χ4n) is 2.27. The van der Waals surface area contributed by atoms with E-state index in [0.29, 0.717) is 16.8 Å². The van der Waals surface area contributed by atoms with Crippen molar-refractivity contribution >= 4 is 39.9 Å². The Bertz CT molecular complexity index is 744. The summed E-state index contributed by atoms with van der Waals surface area (Å²) in [5, 5.41) is 5.49. The molecule has 3 aromatic rings. The number of fused-ring (bicyclic) bond motifs is 1. The van der Waals surface area contributed by atoms with Gasteiger partial charge in [0.05, 0.1) is 10.7 Å². The van der Waals surface area contributed by atoms with Gasteiger partial charge in [-0.25, -0.2) is 0 Å². The van der Waals surface area contributed by atoms with Gasteiger partial charge in [0.2, 0.25) is 0 Å². The summed E-state index contributed by atoms with van der Waals surface area (Å²) < 4.78 is 5.54. The molecular formula is C16H13Cl2NO. The molecule has 0 saturated heterocycles. The van der Waals surface area contributed by atoms with Crippen molar-refractivity contribution in [3.8, 4) is 0 Å². The molecule has 102 valence electrons. The molecule has 0 spiro atoms. The summed E-state index contributed by atoms with van der Waals surface area (Å²) in [4.78, 5) is 0. The molecular weight excluding hydrogens is 293 g/mol. The lowest BCUT2D eigenvalue weighted by atomic mass is 10.1. The second kappa shape index (κ2) is 5.39. The highest BCUT2D eigenvalue weighted by molar-refractivity contribution is 6.33. The van der Waals surface area contributed by atoms with Crippen LogP contribution in [-0.4, -0.2) is 0 Å². The standard InChI is InChI=1S/C16H13Cl2NO/c1-10-5-4-7-13(17)15(10)19-9-12-11-6-2-3-8-14(11)20-16(12)18/h2-8,19H,9H2,1H3. The van der Waals surface area contributed by atoms with E-state index in [9.17, 15) is 0 Å². The van der Waals surface area contributed by atoms with E-state index in [1.54, 1.807) is 0 Å². The first-order chi connectivity index (χ1) is 9.66. The molecule has 0 aliphatic carbocycles. The first kappa shape index (κ1) is 13.3. The van der Waals surface area contributed by atoms with Gasteiger partial charge in [-0.15, -0.1) is 0 Å². The minimum Gasteiger partial charge on any atom is -0.444 e. The predicted molar refractivity (Wildman–Crippen MR) is 84.7 cm³/mol. The Kier molecular flexibility index (Phi) is 3.60. The maximum Gasteiger partial charge on any atom is 0.199 e. The molecule has 0 unspecified atom stereocenters. The second-order valence-electron chi connectivity index (χ2n) is 4.64. The number of para-hydroxylation sites is 2. The average molecular weight is 306 g/mol. The highest BCUT2D eigenvalue weighted by Crippen LogP contribution is 2.32. The number of hydrogen-bond donors (Lipinski definition) is 1. The SMILES string of the molecule is Cc1cccc(Cl)c1NCc1c(Cl)oc2ccccc12. The minimum atomic E-state index is 0.420. The number of halogens is 2. The van der Waals surface area contributed by atoms with Crippen LogP contribution in [0.2, 0.25) is 10.2 Å². The van der Waals surface area contributed by atoms with E-state index < -0.39 is 0 Å². The van der Waals surface area contributed by atoms with Crippen molar-refractivity contribution < 1.29 is 4.42 Å². The lowest BCUT2D eigenvalue weighted by Crippen LogP contribution is -2.01. The fourth-order valence-corrected chi connectivity index (χ4v) is 2.81. The second-order valence-corrected chi connectivity index (χ2v) is 5.39. The summed E-state index contributed by atoms with van der Waals surface area (Å²) in [6.45, 7) is 2.59. The Morgan fingerprint density at radius 1 is 1.05 bits per heavy atom. The molecule has 1 heterocycles. The highest BCUT2D eigenvalue weighted by atomic mass is 35.5. The van der Waals surface area contributed by atoms with Crippen LogP contribution in [0.3, 0.4) is 0 Å². The van der Waals surface area contributed by atoms with Crippen LogP contribution in [0.1, 0.15) is 11.1 Å². The fraction of sp³-hybridized carbons (Fsp3) is 0.125. The molecule has 0 aliphatic rings. The third-order valence-electron chi connectivity index (χ3n) is 3.31. The van der Waals surface area contributed by atoms with Crippen molar-refractivity contribution in [3.63, 3.8) is 0 Å². The van der Waals surface area contributed by atoms with Gasteiger partial charge in [0.1, 0.15) is 5.58 Å². The molecule has 0 aliphatic heterocycles. The largest absolute Gasteiger partial charge is 0.444 e. The van der Waals surface area contributed by atoms with Gasteiger partial charge in [0.25, 0.3) is 0 Å². The van der Waals surface area contributed by atoms with E-state index >= 15 is 0 Å². The number of anilines is 1. The van der Waals surface area contributed by atoms with E-state index in [1.165, 1.54) is 0 Å². The molecule has 0 amide bonds. The Hall–Kier alpha value is -1.64. The van der Waals surface area contributed by atoms with Crippen LogP contribution in [0.4, 0.5) is 5.69 Å². The van der Waals surface area contributed by atoms with Gasteiger partial charge in [0.15, 0.2) is 5.22 Å². The van der Waals surface area contributed by atoms with Gasteiger partial charge >= 0.3 is 0 Å². The van der Waals surface area contributed by atoms with Crippen molar-refractivity contribution in [1.29, 1.82) is 0 Å². The van der Waals surface area contributed by atoms with Crippen molar-refractivity contribution in [3.05, 3.63) is 63.8 Å². The Labute approximate surface area is 127 Å². The molecule has 20 heavy (non-hydrogen) atoms. The summed E-state index contributed by atoms with van der Waals surface area (Å²) in [7, 11) is 0. The van der Waals surface area contributed by atoms with Gasteiger partial charge in [-0.2, -0.15) is 0 Å². The lowest BCUT2D eigenvalue weighted by molar-refractivity contribution is 0.613. The van der Waals surface area contributed by atoms with Crippen molar-refractivity contribution in [2.45, 2.75) is 13.5 Å². The third-order valence-corrected chi connectivity index (χ3v) is 3.93. The normalized spacial score (nSPS) is 10.9. The highest BCUT2D eigenvalue weighted by Gasteiger charge is 2.12. The van der Waals surface area contributed by atoms with Gasteiger partial charge in [-0.05, 0) is 36.2 Å². The molecule has 0 saturated carbocycles. The molecule has 0 radical (unpaired) electrons. The molecule has 3 rings (SSSR count). The van der Waals surface area contributed by atoms with Crippen LogP contribution in [0.5, 0.6) is 0 Å². The minimum absolute atomic E-state index is 0.420. The first-order valence-corrected chi connectivity index (χ1v) is 7.07. The number of hydrogen-bond acceptors (Lipinski definition) is 2. The van der Waals surface area contributed by atoms with Crippen LogP contribution in [0.25, 0.3) is 11.0 Å². The van der Waals surface area contributed by atoms with E-state index in [2.05, 4.69) is 5.32 Å². The van der Waals surface area contributed by atoms with Crippen LogP contribution >= 0.6 is 23.2 Å². The number of benzene rings is 2. The average Bonchev–Trinajstić information content (AvgIpc) is 2.74. The van der Waals surface area contributed by atoms with Crippen LogP contribution < -0.4 is 5.32 Å². The summed E-state index contributed by atoms with van der Waals surface area (Å²) >= 11 is 12.4. The van der Waals surface area contributed by atoms with E-state index in [1.807, 2.05) is 49.4 Å². The summed E-state index contributed by atoms with van der Waals surface area (Å²) in [6.07, 6.45) is 0. The molecule has 2 nitrogen and oxygen atoms in total. The number of nitrogens with one attached hydrogen (secondary N) is 1. The van der Waals surface area contributed by atoms with Gasteiger partial charge in [-0.3, -0.25) is 0 Å². The van der Waals surface area contributed by atoms with Gasteiger partial charge in [0, 0.05) is 17.5 Å². The predicted octanol–water partition coefficient (Wildman–Crippen LogP) is 5.66. The maximum absolute atomic E-state index is 6.21. The zero-order chi connectivity index (χ0) is 14.1. The van der Waals surface area contributed by atoms with Gasteiger partial charge < -0.3 is 9.73 Å². The topological polar surface area (TPSA) is 25.2 Å². The first-order valence-electron chi connectivity index (χ1n) is 6.31. The zero-order valence-corrected chi connectivity index (χ0v) is 12.4. The van der Waals surface area contributed by atoms with E-state index in [-0.39, 0.29) is 0 Å². The van der Waals surface area contributed by atoms with Gasteiger partial charge in [-0.1, -0.05) is 41.9 Å². The third kappa shape index (κ3) is 2.37. The summed E-state index contributed by atoms with van der Waals surface area (Å²) in [5.41, 5.74) is 3.77. The Morgan fingerprint density at radius 3 is 2.65 bits per heavy atom. The van der Waals surface area contributed by atoms with Crippen LogP contribution in [0, 0.1) is 6.92 Å². The quantitative estimate of drug-likeness (QED) is 0.675. The van der Waals surface area contributed by atoms with Crippen molar-refractivity contribution in [2.24, 2.45) is 0 Å². The maximum atomic E-state index is 6.21. The molecule has 1 aromatic heterocycles. The molecule has 1 N–H and O–H groups in total. The number of aryl methyl sites for hydroxylation is 1. The van der Waals surface area contributed by atoms with E-state index in [4.69, 9.17) is 27.6 Å². The van der Waals surface area contributed by atoms with Crippen LogP contribution in [0.15, 0.2) is 46.9 Å². The smallest absolute Gasteiger partial charge is 0.199 e. The number of rotatable bonds is 3. The molecule has 2 aromatic carbocycles. The molecule has 0 atom stereocenters. The molecule has 0 fully saturated rings. The zero-order valence-electron chi connectivity index (χ0n) is 10.9. The molecule has 4 heteroatoms. The van der Waals surface area contributed by atoms with E-state index in [0.717, 1.165) is 27.8 Å².